The average Bonchev–Trinajstić information content (AvgIpc) is 2.69. The number of phenols is 1. The van der Waals surface area contributed by atoms with Gasteiger partial charge in [0.1, 0.15) is 5.75 Å². The third-order valence-corrected chi connectivity index (χ3v) is 3.61. The predicted molar refractivity (Wildman–Crippen MR) is 71.9 cm³/mol. The van der Waals surface area contributed by atoms with Gasteiger partial charge in [-0.1, -0.05) is 6.07 Å². The van der Waals surface area contributed by atoms with Gasteiger partial charge in [0.05, 0.1) is 0 Å². The molecular formula is C14H22N2O. The van der Waals surface area contributed by atoms with Gasteiger partial charge in [-0.2, -0.15) is 0 Å². The summed E-state index contributed by atoms with van der Waals surface area (Å²) in [6, 6.07) is 5.87. The van der Waals surface area contributed by atoms with Crippen molar-refractivity contribution in [1.29, 1.82) is 0 Å². The van der Waals surface area contributed by atoms with Crippen LogP contribution in [0.2, 0.25) is 0 Å². The Bertz CT molecular complexity index is 378. The average molecular weight is 234 g/mol. The first kappa shape index (κ1) is 12.2. The number of aromatic hydroxyl groups is 1. The molecule has 3 nitrogen and oxygen atoms in total. The van der Waals surface area contributed by atoms with Gasteiger partial charge in [-0.25, -0.2) is 0 Å². The Labute approximate surface area is 103 Å². The van der Waals surface area contributed by atoms with Crippen molar-refractivity contribution in [2.24, 2.45) is 0 Å². The van der Waals surface area contributed by atoms with Crippen LogP contribution < -0.4 is 10.2 Å². The Kier molecular flexibility index (Phi) is 3.89. The van der Waals surface area contributed by atoms with Crippen molar-refractivity contribution >= 4 is 5.69 Å². The minimum Gasteiger partial charge on any atom is -0.508 e. The zero-order valence-electron chi connectivity index (χ0n) is 10.7. The zero-order valence-corrected chi connectivity index (χ0v) is 10.7. The molecule has 1 atom stereocenters. The van der Waals surface area contributed by atoms with E-state index in [0.717, 1.165) is 38.0 Å². The topological polar surface area (TPSA) is 35.5 Å². The standard InChI is InChI=1S/C14H22N2O/c1-3-16-10-11(6-5-9-15-2)14-12(16)7-4-8-13(14)17/h4,7-8,11,15,17H,3,5-6,9-10H2,1-2H3. The molecule has 1 aliphatic rings. The highest BCUT2D eigenvalue weighted by Gasteiger charge is 2.29. The Morgan fingerprint density at radius 2 is 2.29 bits per heavy atom. The lowest BCUT2D eigenvalue weighted by molar-refractivity contribution is 0.460. The Balaban J connectivity index is 2.17. The smallest absolute Gasteiger partial charge is 0.121 e. The van der Waals surface area contributed by atoms with Gasteiger partial charge in [0.2, 0.25) is 0 Å². The van der Waals surface area contributed by atoms with E-state index in [1.54, 1.807) is 0 Å². The minimum atomic E-state index is 0.466. The van der Waals surface area contributed by atoms with Crippen LogP contribution in [0.3, 0.4) is 0 Å². The molecule has 0 aliphatic carbocycles. The van der Waals surface area contributed by atoms with Gasteiger partial charge in [0.25, 0.3) is 0 Å². The van der Waals surface area contributed by atoms with Crippen molar-refractivity contribution in [1.82, 2.24) is 5.32 Å². The fraction of sp³-hybridized carbons (Fsp3) is 0.571. The summed E-state index contributed by atoms with van der Waals surface area (Å²) in [4.78, 5) is 2.36. The van der Waals surface area contributed by atoms with E-state index in [-0.39, 0.29) is 0 Å². The number of anilines is 1. The van der Waals surface area contributed by atoms with Crippen molar-refractivity contribution in [2.75, 3.05) is 31.6 Å². The lowest BCUT2D eigenvalue weighted by Crippen LogP contribution is -2.21. The van der Waals surface area contributed by atoms with Crippen LogP contribution in [0.1, 0.15) is 31.2 Å². The first-order valence-electron chi connectivity index (χ1n) is 6.49. The summed E-state index contributed by atoms with van der Waals surface area (Å²) in [7, 11) is 1.98. The van der Waals surface area contributed by atoms with Gasteiger partial charge in [-0.05, 0) is 45.5 Å². The van der Waals surface area contributed by atoms with Crippen LogP contribution in [0.4, 0.5) is 5.69 Å². The SMILES string of the molecule is CCN1CC(CCCNC)c2c(O)cccc21. The highest BCUT2D eigenvalue weighted by atomic mass is 16.3. The molecule has 1 aromatic rings. The van der Waals surface area contributed by atoms with Gasteiger partial charge in [0.15, 0.2) is 0 Å². The maximum Gasteiger partial charge on any atom is 0.121 e. The van der Waals surface area contributed by atoms with E-state index in [9.17, 15) is 5.11 Å². The second-order valence-electron chi connectivity index (χ2n) is 4.69. The number of hydrogen-bond acceptors (Lipinski definition) is 3. The van der Waals surface area contributed by atoms with E-state index in [2.05, 4.69) is 23.2 Å². The van der Waals surface area contributed by atoms with Crippen LogP contribution in [0, 0.1) is 0 Å². The summed E-state index contributed by atoms with van der Waals surface area (Å²) >= 11 is 0. The molecule has 0 spiro atoms. The van der Waals surface area contributed by atoms with Crippen molar-refractivity contribution in [3.63, 3.8) is 0 Å². The lowest BCUT2D eigenvalue weighted by atomic mass is 9.95. The maximum absolute atomic E-state index is 10.0. The number of fused-ring (bicyclic) bond motifs is 1. The molecule has 2 N–H and O–H groups in total. The highest BCUT2D eigenvalue weighted by molar-refractivity contribution is 5.64. The van der Waals surface area contributed by atoms with E-state index in [1.807, 2.05) is 19.2 Å². The number of nitrogens with one attached hydrogen (secondary N) is 1. The number of nitrogens with zero attached hydrogens (tertiary/aromatic N) is 1. The van der Waals surface area contributed by atoms with Gasteiger partial charge in [-0.15, -0.1) is 0 Å². The molecule has 17 heavy (non-hydrogen) atoms. The molecule has 1 aromatic carbocycles. The van der Waals surface area contributed by atoms with Crippen LogP contribution in [0.25, 0.3) is 0 Å². The molecule has 2 rings (SSSR count). The number of likely N-dealkylation sites (N-methyl/N-ethyl adjacent to an activating group) is 1. The van der Waals surface area contributed by atoms with Crippen LogP contribution in [0.15, 0.2) is 18.2 Å². The molecule has 1 aliphatic heterocycles. The predicted octanol–water partition coefficient (Wildman–Crippen LogP) is 2.32. The van der Waals surface area contributed by atoms with E-state index in [0.29, 0.717) is 11.7 Å². The second-order valence-corrected chi connectivity index (χ2v) is 4.69. The summed E-state index contributed by atoms with van der Waals surface area (Å²) in [6.07, 6.45) is 2.30. The molecule has 3 heteroatoms. The quantitative estimate of drug-likeness (QED) is 0.767. The molecule has 0 amide bonds. The van der Waals surface area contributed by atoms with E-state index in [4.69, 9.17) is 0 Å². The largest absolute Gasteiger partial charge is 0.508 e. The van der Waals surface area contributed by atoms with Crippen LogP contribution in [-0.4, -0.2) is 31.8 Å². The number of phenolic OH excluding ortho intramolecular Hbond substituents is 1. The Hall–Kier alpha value is -1.22. The molecule has 0 aromatic heterocycles. The van der Waals surface area contributed by atoms with Crippen molar-refractivity contribution in [3.05, 3.63) is 23.8 Å². The third kappa shape index (κ3) is 2.39. The normalized spacial score (nSPS) is 18.5. The Morgan fingerprint density at radius 1 is 1.47 bits per heavy atom. The first-order valence-corrected chi connectivity index (χ1v) is 6.49. The summed E-state index contributed by atoms with van der Waals surface area (Å²) in [5, 5.41) is 13.2. The number of hydrogen-bond donors (Lipinski definition) is 2. The Morgan fingerprint density at radius 3 is 3.00 bits per heavy atom. The van der Waals surface area contributed by atoms with Crippen molar-refractivity contribution in [2.45, 2.75) is 25.7 Å². The fourth-order valence-corrected chi connectivity index (χ4v) is 2.75. The molecule has 1 heterocycles. The summed E-state index contributed by atoms with van der Waals surface area (Å²) in [6.45, 7) is 5.28. The molecular weight excluding hydrogens is 212 g/mol. The molecule has 0 saturated heterocycles. The van der Waals surface area contributed by atoms with Crippen molar-refractivity contribution < 1.29 is 5.11 Å². The van der Waals surface area contributed by atoms with Gasteiger partial charge in [0, 0.05) is 30.3 Å². The summed E-state index contributed by atoms with van der Waals surface area (Å²) in [5.74, 6) is 0.951. The lowest BCUT2D eigenvalue weighted by Gasteiger charge is -2.17. The van der Waals surface area contributed by atoms with E-state index < -0.39 is 0 Å². The molecule has 0 radical (unpaired) electrons. The highest BCUT2D eigenvalue weighted by Crippen LogP contribution is 2.43. The van der Waals surface area contributed by atoms with Gasteiger partial charge < -0.3 is 15.3 Å². The molecule has 0 fully saturated rings. The fourth-order valence-electron chi connectivity index (χ4n) is 2.75. The second kappa shape index (κ2) is 5.41. The monoisotopic (exact) mass is 234 g/mol. The number of rotatable bonds is 5. The number of benzene rings is 1. The summed E-state index contributed by atoms with van der Waals surface area (Å²) < 4.78 is 0. The van der Waals surface area contributed by atoms with E-state index in [1.165, 1.54) is 5.69 Å². The van der Waals surface area contributed by atoms with Gasteiger partial charge in [-0.3, -0.25) is 0 Å². The van der Waals surface area contributed by atoms with Crippen LogP contribution in [0.5, 0.6) is 5.75 Å². The van der Waals surface area contributed by atoms with Crippen LogP contribution >= 0.6 is 0 Å². The molecule has 94 valence electrons. The molecule has 0 saturated carbocycles. The third-order valence-electron chi connectivity index (χ3n) is 3.61. The first-order chi connectivity index (χ1) is 8.27. The maximum atomic E-state index is 10.0. The molecule has 1 unspecified atom stereocenters. The zero-order chi connectivity index (χ0) is 12.3. The van der Waals surface area contributed by atoms with Crippen LogP contribution in [-0.2, 0) is 0 Å². The van der Waals surface area contributed by atoms with Crippen molar-refractivity contribution in [3.8, 4) is 5.75 Å². The summed E-state index contributed by atoms with van der Waals surface area (Å²) in [5.41, 5.74) is 2.38. The minimum absolute atomic E-state index is 0.466. The van der Waals surface area contributed by atoms with E-state index >= 15 is 0 Å². The molecule has 0 bridgehead atoms. The van der Waals surface area contributed by atoms with Gasteiger partial charge >= 0.3 is 0 Å².